The third kappa shape index (κ3) is 5.58. The second-order valence-electron chi connectivity index (χ2n) is 7.26. The highest BCUT2D eigenvalue weighted by atomic mass is 16.5. The minimum atomic E-state index is 0.123. The Morgan fingerprint density at radius 3 is 2.43 bits per heavy atom. The molecule has 0 aliphatic heterocycles. The summed E-state index contributed by atoms with van der Waals surface area (Å²) in [6, 6.07) is 9.98. The summed E-state index contributed by atoms with van der Waals surface area (Å²) in [5.41, 5.74) is 2.73. The summed E-state index contributed by atoms with van der Waals surface area (Å²) in [5, 5.41) is 4.37. The molecule has 0 radical (unpaired) electrons. The second kappa shape index (κ2) is 10.9. The molecule has 0 spiro atoms. The van der Waals surface area contributed by atoms with E-state index in [4.69, 9.17) is 9.26 Å². The molecule has 1 aromatic heterocycles. The van der Waals surface area contributed by atoms with Crippen LogP contribution in [0.15, 0.2) is 34.9 Å². The van der Waals surface area contributed by atoms with Gasteiger partial charge in [-0.25, -0.2) is 0 Å². The number of anilines is 1. The summed E-state index contributed by atoms with van der Waals surface area (Å²) >= 11 is 0. The maximum Gasteiger partial charge on any atom is 0.232 e. The van der Waals surface area contributed by atoms with Gasteiger partial charge in [0.25, 0.3) is 0 Å². The maximum atomic E-state index is 12.9. The zero-order valence-corrected chi connectivity index (χ0v) is 17.8. The molecule has 2 aromatic rings. The van der Waals surface area contributed by atoms with Crippen molar-refractivity contribution in [3.05, 3.63) is 35.9 Å². The van der Waals surface area contributed by atoms with Crippen LogP contribution in [0.5, 0.6) is 0 Å². The van der Waals surface area contributed by atoms with Crippen molar-refractivity contribution >= 4 is 11.8 Å². The molecule has 28 heavy (non-hydrogen) atoms. The summed E-state index contributed by atoms with van der Waals surface area (Å²) in [6.45, 7) is 11.4. The van der Waals surface area contributed by atoms with Crippen molar-refractivity contribution in [1.29, 1.82) is 0 Å². The molecule has 0 fully saturated rings. The van der Waals surface area contributed by atoms with Gasteiger partial charge in [-0.05, 0) is 19.8 Å². The molecule has 0 saturated heterocycles. The summed E-state index contributed by atoms with van der Waals surface area (Å²) in [4.78, 5) is 16.9. The fourth-order valence-electron chi connectivity index (χ4n) is 3.19. The Hall–Kier alpha value is -2.34. The number of rotatable bonds is 11. The number of hydrogen-bond donors (Lipinski definition) is 0. The smallest absolute Gasteiger partial charge is 0.232 e. The third-order valence-corrected chi connectivity index (χ3v) is 4.72. The molecule has 0 aliphatic carbocycles. The Kier molecular flexibility index (Phi) is 8.51. The molecule has 6 heteroatoms. The fraction of sp³-hybridized carbons (Fsp3) is 0.545. The third-order valence-electron chi connectivity index (χ3n) is 4.72. The van der Waals surface area contributed by atoms with Crippen LogP contribution in [0.3, 0.4) is 0 Å². The second-order valence-corrected chi connectivity index (χ2v) is 7.26. The van der Waals surface area contributed by atoms with E-state index in [1.165, 1.54) is 0 Å². The van der Waals surface area contributed by atoms with Crippen LogP contribution in [0.25, 0.3) is 11.3 Å². The molecule has 0 unspecified atom stereocenters. The van der Waals surface area contributed by atoms with E-state index in [0.29, 0.717) is 32.0 Å². The number of amides is 1. The van der Waals surface area contributed by atoms with Gasteiger partial charge in [-0.2, -0.15) is 0 Å². The van der Waals surface area contributed by atoms with Crippen LogP contribution >= 0.6 is 0 Å². The predicted molar refractivity (Wildman–Crippen MR) is 112 cm³/mol. The van der Waals surface area contributed by atoms with Crippen molar-refractivity contribution < 1.29 is 14.1 Å². The molecule has 2 rings (SSSR count). The first-order valence-electron chi connectivity index (χ1n) is 10.1. The lowest BCUT2D eigenvalue weighted by atomic mass is 10.1. The summed E-state index contributed by atoms with van der Waals surface area (Å²) in [7, 11) is 1.65. The van der Waals surface area contributed by atoms with Gasteiger partial charge in [0.1, 0.15) is 5.69 Å². The molecular weight excluding hydrogens is 354 g/mol. The summed E-state index contributed by atoms with van der Waals surface area (Å²) in [5.74, 6) is 1.16. The minimum Gasteiger partial charge on any atom is -0.383 e. The molecule has 0 atom stereocenters. The lowest BCUT2D eigenvalue weighted by molar-refractivity contribution is -0.133. The average Bonchev–Trinajstić information content (AvgIpc) is 3.09. The lowest BCUT2D eigenvalue weighted by Gasteiger charge is -2.25. The quantitative estimate of drug-likeness (QED) is 0.578. The van der Waals surface area contributed by atoms with Crippen molar-refractivity contribution in [2.24, 2.45) is 5.92 Å². The van der Waals surface area contributed by atoms with Gasteiger partial charge in [-0.1, -0.05) is 49.3 Å². The maximum absolute atomic E-state index is 12.9. The highest BCUT2D eigenvalue weighted by molar-refractivity contribution is 5.77. The molecule has 1 heterocycles. The normalized spacial score (nSPS) is 11.1. The Labute approximate surface area is 168 Å². The van der Waals surface area contributed by atoms with E-state index < -0.39 is 0 Å². The van der Waals surface area contributed by atoms with Crippen LogP contribution < -0.4 is 4.90 Å². The Balaban J connectivity index is 2.43. The summed E-state index contributed by atoms with van der Waals surface area (Å²) in [6.07, 6.45) is 0.510. The highest BCUT2D eigenvalue weighted by Gasteiger charge is 2.25. The van der Waals surface area contributed by atoms with E-state index >= 15 is 0 Å². The Morgan fingerprint density at radius 1 is 1.18 bits per heavy atom. The zero-order valence-electron chi connectivity index (χ0n) is 17.8. The molecule has 6 nitrogen and oxygen atoms in total. The van der Waals surface area contributed by atoms with E-state index in [-0.39, 0.29) is 5.91 Å². The van der Waals surface area contributed by atoms with E-state index in [9.17, 15) is 4.79 Å². The number of ether oxygens (including phenoxy) is 1. The number of carbonyl (C=O) groups is 1. The van der Waals surface area contributed by atoms with E-state index in [1.54, 1.807) is 7.11 Å². The molecule has 1 aromatic carbocycles. The molecule has 154 valence electrons. The van der Waals surface area contributed by atoms with Gasteiger partial charge in [0.05, 0.1) is 18.7 Å². The molecule has 0 aliphatic rings. The first-order chi connectivity index (χ1) is 13.5. The SMILES string of the molecule is CCN(CC)c1onc(-c2ccccc2)c1CN(CCOC)C(=O)CC(C)C. The van der Waals surface area contributed by atoms with Crippen molar-refractivity contribution in [1.82, 2.24) is 10.1 Å². The lowest BCUT2D eigenvalue weighted by Crippen LogP contribution is -2.35. The van der Waals surface area contributed by atoms with Crippen LogP contribution in [-0.2, 0) is 16.1 Å². The highest BCUT2D eigenvalue weighted by Crippen LogP contribution is 2.32. The first kappa shape index (κ1) is 22.0. The fourth-order valence-corrected chi connectivity index (χ4v) is 3.19. The van der Waals surface area contributed by atoms with Crippen LogP contribution in [0.2, 0.25) is 0 Å². The topological polar surface area (TPSA) is 58.8 Å². The number of aromatic nitrogens is 1. The Morgan fingerprint density at radius 2 is 1.86 bits per heavy atom. The van der Waals surface area contributed by atoms with Gasteiger partial charge < -0.3 is 19.1 Å². The van der Waals surface area contributed by atoms with Crippen molar-refractivity contribution in [3.63, 3.8) is 0 Å². The van der Waals surface area contributed by atoms with Crippen molar-refractivity contribution in [2.75, 3.05) is 38.3 Å². The van der Waals surface area contributed by atoms with E-state index in [1.807, 2.05) is 35.2 Å². The molecular formula is C22H33N3O3. The van der Waals surface area contributed by atoms with Crippen molar-refractivity contribution in [2.45, 2.75) is 40.7 Å². The number of benzene rings is 1. The predicted octanol–water partition coefficient (Wildman–Crippen LogP) is 4.21. The largest absolute Gasteiger partial charge is 0.383 e. The first-order valence-corrected chi connectivity index (χ1v) is 10.1. The van der Waals surface area contributed by atoms with Gasteiger partial charge in [-0.15, -0.1) is 0 Å². The van der Waals surface area contributed by atoms with Gasteiger partial charge in [0, 0.05) is 38.7 Å². The van der Waals surface area contributed by atoms with Gasteiger partial charge >= 0.3 is 0 Å². The average molecular weight is 388 g/mol. The molecule has 0 bridgehead atoms. The molecule has 0 N–H and O–H groups in total. The standard InChI is InChI=1S/C22H33N3O3/c1-6-24(7-2)22-19(21(23-28-22)18-11-9-8-10-12-18)16-25(13-14-27-5)20(26)15-17(3)4/h8-12,17H,6-7,13-16H2,1-5H3. The summed E-state index contributed by atoms with van der Waals surface area (Å²) < 4.78 is 11.0. The van der Waals surface area contributed by atoms with Crippen LogP contribution in [0, 0.1) is 5.92 Å². The van der Waals surface area contributed by atoms with Gasteiger partial charge in [0.15, 0.2) is 0 Å². The van der Waals surface area contributed by atoms with Crippen LogP contribution in [0.1, 0.15) is 39.7 Å². The Bertz CT molecular complexity index is 724. The number of nitrogens with zero attached hydrogens (tertiary/aromatic N) is 3. The molecule has 0 saturated carbocycles. The minimum absolute atomic E-state index is 0.123. The number of carbonyl (C=O) groups excluding carboxylic acids is 1. The van der Waals surface area contributed by atoms with Crippen molar-refractivity contribution in [3.8, 4) is 11.3 Å². The monoisotopic (exact) mass is 387 g/mol. The van der Waals surface area contributed by atoms with Crippen LogP contribution in [0.4, 0.5) is 5.88 Å². The van der Waals surface area contributed by atoms with Gasteiger partial charge in [-0.3, -0.25) is 4.79 Å². The number of methoxy groups -OCH3 is 1. The van der Waals surface area contributed by atoms with E-state index in [2.05, 4.69) is 37.8 Å². The van der Waals surface area contributed by atoms with Gasteiger partial charge in [0.2, 0.25) is 11.8 Å². The number of hydrogen-bond acceptors (Lipinski definition) is 5. The van der Waals surface area contributed by atoms with E-state index in [0.717, 1.165) is 35.8 Å². The zero-order chi connectivity index (χ0) is 20.5. The van der Waals surface area contributed by atoms with Crippen LogP contribution in [-0.4, -0.2) is 49.3 Å². The molecule has 1 amide bonds.